The zero-order valence-corrected chi connectivity index (χ0v) is 20.6. The molecule has 4 aromatic carbocycles. The number of carbonyl (C=O) groups excluding carboxylic acids is 2. The van der Waals surface area contributed by atoms with Gasteiger partial charge >= 0.3 is 0 Å². The quantitative estimate of drug-likeness (QED) is 0.173. The van der Waals surface area contributed by atoms with Gasteiger partial charge in [-0.3, -0.25) is 9.59 Å². The molecule has 0 N–H and O–H groups in total. The molecule has 0 atom stereocenters. The van der Waals surface area contributed by atoms with E-state index >= 15 is 0 Å². The van der Waals surface area contributed by atoms with Crippen LogP contribution >= 0.6 is 0 Å². The summed E-state index contributed by atoms with van der Waals surface area (Å²) in [5.74, 6) is 2.51. The standard InChI is InChI=1S/C32H26O5/c1-35-27-13-3-23(4-14-27)7-21-31(33)25-9-17-29(18-10-25)37-30-19-11-26(12-20-30)32(34)22-8-24-5-15-28(36-2)16-6-24/h3-22H,1-2H3. The second-order valence-corrected chi connectivity index (χ2v) is 8.09. The minimum absolute atomic E-state index is 0.104. The number of methoxy groups -OCH3 is 2. The van der Waals surface area contributed by atoms with Crippen molar-refractivity contribution in [3.63, 3.8) is 0 Å². The highest BCUT2D eigenvalue weighted by molar-refractivity contribution is 6.07. The van der Waals surface area contributed by atoms with Crippen molar-refractivity contribution in [2.45, 2.75) is 0 Å². The summed E-state index contributed by atoms with van der Waals surface area (Å²) in [4.78, 5) is 25.0. The molecule has 0 aliphatic rings. The molecule has 0 aliphatic heterocycles. The number of hydrogen-bond donors (Lipinski definition) is 0. The second kappa shape index (κ2) is 12.2. The molecule has 0 saturated heterocycles. The maximum Gasteiger partial charge on any atom is 0.185 e. The fraction of sp³-hybridized carbons (Fsp3) is 0.0625. The molecule has 0 spiro atoms. The molecule has 37 heavy (non-hydrogen) atoms. The van der Waals surface area contributed by atoms with Crippen LogP contribution in [-0.4, -0.2) is 25.8 Å². The summed E-state index contributed by atoms with van der Waals surface area (Å²) in [7, 11) is 3.23. The smallest absolute Gasteiger partial charge is 0.185 e. The zero-order valence-electron chi connectivity index (χ0n) is 20.6. The van der Waals surface area contributed by atoms with Crippen molar-refractivity contribution in [1.82, 2.24) is 0 Å². The average molecular weight is 491 g/mol. The molecule has 0 fully saturated rings. The van der Waals surface area contributed by atoms with Gasteiger partial charge in [0.05, 0.1) is 14.2 Å². The van der Waals surface area contributed by atoms with E-state index in [0.29, 0.717) is 22.6 Å². The van der Waals surface area contributed by atoms with Crippen LogP contribution in [-0.2, 0) is 0 Å². The number of allylic oxidation sites excluding steroid dienone is 2. The molecule has 0 heterocycles. The third-order valence-electron chi connectivity index (χ3n) is 5.60. The molecular formula is C32H26O5. The summed E-state index contributed by atoms with van der Waals surface area (Å²) in [6.45, 7) is 0. The third-order valence-corrected chi connectivity index (χ3v) is 5.60. The number of rotatable bonds is 10. The molecular weight excluding hydrogens is 464 g/mol. The Morgan fingerprint density at radius 1 is 0.486 bits per heavy atom. The van der Waals surface area contributed by atoms with Crippen LogP contribution in [0.25, 0.3) is 12.2 Å². The Bertz CT molecular complexity index is 1290. The van der Waals surface area contributed by atoms with E-state index < -0.39 is 0 Å². The Kier molecular flexibility index (Phi) is 8.29. The Labute approximate surface area is 216 Å². The van der Waals surface area contributed by atoms with Gasteiger partial charge in [0.1, 0.15) is 23.0 Å². The van der Waals surface area contributed by atoms with Crippen LogP contribution in [0.4, 0.5) is 0 Å². The van der Waals surface area contributed by atoms with Crippen molar-refractivity contribution in [2.24, 2.45) is 0 Å². The van der Waals surface area contributed by atoms with Crippen LogP contribution in [0.5, 0.6) is 23.0 Å². The summed E-state index contributed by atoms with van der Waals surface area (Å²) >= 11 is 0. The molecule has 184 valence electrons. The minimum atomic E-state index is -0.104. The lowest BCUT2D eigenvalue weighted by Crippen LogP contribution is -1.95. The minimum Gasteiger partial charge on any atom is -0.497 e. The predicted molar refractivity (Wildman–Crippen MR) is 146 cm³/mol. The van der Waals surface area contributed by atoms with Gasteiger partial charge in [0.2, 0.25) is 0 Å². The number of carbonyl (C=O) groups is 2. The lowest BCUT2D eigenvalue weighted by atomic mass is 10.1. The zero-order chi connectivity index (χ0) is 26.0. The first-order valence-corrected chi connectivity index (χ1v) is 11.6. The lowest BCUT2D eigenvalue weighted by Gasteiger charge is -2.07. The van der Waals surface area contributed by atoms with E-state index in [9.17, 15) is 9.59 Å². The van der Waals surface area contributed by atoms with E-state index in [1.165, 1.54) is 12.2 Å². The van der Waals surface area contributed by atoms with Crippen LogP contribution in [0.3, 0.4) is 0 Å². The molecule has 0 bridgehead atoms. The topological polar surface area (TPSA) is 61.8 Å². The SMILES string of the molecule is COc1ccc(C=CC(=O)c2ccc(Oc3ccc(C(=O)C=Cc4ccc(OC)cc4)cc3)cc2)cc1. The van der Waals surface area contributed by atoms with Gasteiger partial charge in [-0.15, -0.1) is 0 Å². The van der Waals surface area contributed by atoms with Crippen molar-refractivity contribution in [3.8, 4) is 23.0 Å². The Balaban J connectivity index is 1.32. The molecule has 0 amide bonds. The van der Waals surface area contributed by atoms with Crippen molar-refractivity contribution in [2.75, 3.05) is 14.2 Å². The van der Waals surface area contributed by atoms with Crippen LogP contribution in [0.1, 0.15) is 31.8 Å². The fourth-order valence-corrected chi connectivity index (χ4v) is 3.48. The molecule has 5 heteroatoms. The van der Waals surface area contributed by atoms with E-state index in [0.717, 1.165) is 22.6 Å². The highest BCUT2D eigenvalue weighted by atomic mass is 16.5. The van der Waals surface area contributed by atoms with Gasteiger partial charge in [-0.1, -0.05) is 36.4 Å². The highest BCUT2D eigenvalue weighted by Gasteiger charge is 2.06. The average Bonchev–Trinajstić information content (AvgIpc) is 2.96. The molecule has 0 aliphatic carbocycles. The molecule has 0 aromatic heterocycles. The molecule has 5 nitrogen and oxygen atoms in total. The van der Waals surface area contributed by atoms with Crippen LogP contribution < -0.4 is 14.2 Å². The summed E-state index contributed by atoms with van der Waals surface area (Å²) in [5.41, 5.74) is 2.93. The Morgan fingerprint density at radius 2 is 0.811 bits per heavy atom. The summed E-state index contributed by atoms with van der Waals surface area (Å²) in [5, 5.41) is 0. The monoisotopic (exact) mass is 490 g/mol. The van der Waals surface area contributed by atoms with E-state index in [-0.39, 0.29) is 11.6 Å². The molecule has 4 rings (SSSR count). The summed E-state index contributed by atoms with van der Waals surface area (Å²) in [6.07, 6.45) is 6.61. The van der Waals surface area contributed by atoms with E-state index in [4.69, 9.17) is 14.2 Å². The van der Waals surface area contributed by atoms with Gasteiger partial charge < -0.3 is 14.2 Å². The van der Waals surface area contributed by atoms with Gasteiger partial charge in [-0.25, -0.2) is 0 Å². The Morgan fingerprint density at radius 3 is 1.14 bits per heavy atom. The van der Waals surface area contributed by atoms with Gasteiger partial charge in [0, 0.05) is 11.1 Å². The predicted octanol–water partition coefficient (Wildman–Crippen LogP) is 7.29. The first-order valence-electron chi connectivity index (χ1n) is 11.6. The first kappa shape index (κ1) is 25.2. The third kappa shape index (κ3) is 7.05. The van der Waals surface area contributed by atoms with Gasteiger partial charge in [-0.05, 0) is 96.1 Å². The second-order valence-electron chi connectivity index (χ2n) is 8.09. The first-order chi connectivity index (χ1) is 18.0. The van der Waals surface area contributed by atoms with Gasteiger partial charge in [0.25, 0.3) is 0 Å². The van der Waals surface area contributed by atoms with Crippen LogP contribution in [0.15, 0.2) is 109 Å². The maximum absolute atomic E-state index is 12.5. The lowest BCUT2D eigenvalue weighted by molar-refractivity contribution is 0.103. The van der Waals surface area contributed by atoms with Gasteiger partial charge in [-0.2, -0.15) is 0 Å². The Hall–Kier alpha value is -4.90. The normalized spacial score (nSPS) is 11.0. The van der Waals surface area contributed by atoms with E-state index in [1.54, 1.807) is 74.9 Å². The van der Waals surface area contributed by atoms with Crippen molar-refractivity contribution < 1.29 is 23.8 Å². The molecule has 4 aromatic rings. The van der Waals surface area contributed by atoms with Crippen LogP contribution in [0.2, 0.25) is 0 Å². The summed E-state index contributed by atoms with van der Waals surface area (Å²) < 4.78 is 16.2. The molecule has 0 radical (unpaired) electrons. The van der Waals surface area contributed by atoms with Crippen molar-refractivity contribution >= 4 is 23.7 Å². The van der Waals surface area contributed by atoms with Crippen molar-refractivity contribution in [3.05, 3.63) is 131 Å². The number of hydrogen-bond acceptors (Lipinski definition) is 5. The van der Waals surface area contributed by atoms with Crippen LogP contribution in [0, 0.1) is 0 Å². The molecule has 0 unspecified atom stereocenters. The maximum atomic E-state index is 12.5. The molecule has 0 saturated carbocycles. The van der Waals surface area contributed by atoms with Gasteiger partial charge in [0.15, 0.2) is 11.6 Å². The van der Waals surface area contributed by atoms with Crippen molar-refractivity contribution in [1.29, 1.82) is 0 Å². The number of benzene rings is 4. The number of ether oxygens (including phenoxy) is 3. The highest BCUT2D eigenvalue weighted by Crippen LogP contribution is 2.23. The fourth-order valence-electron chi connectivity index (χ4n) is 3.48. The largest absolute Gasteiger partial charge is 0.497 e. The van der Waals surface area contributed by atoms with E-state index in [2.05, 4.69) is 0 Å². The summed E-state index contributed by atoms with van der Waals surface area (Å²) in [6, 6.07) is 28.8. The van der Waals surface area contributed by atoms with E-state index in [1.807, 2.05) is 48.5 Å². The number of ketones is 2.